The van der Waals surface area contributed by atoms with E-state index in [1.807, 2.05) is 4.72 Å². The van der Waals surface area contributed by atoms with E-state index < -0.39 is 6.09 Å². The molecule has 0 spiro atoms. The van der Waals surface area contributed by atoms with Crippen molar-refractivity contribution in [2.24, 2.45) is 0 Å². The summed E-state index contributed by atoms with van der Waals surface area (Å²) in [5, 5.41) is 7.73. The molecule has 2 N–H and O–H groups in total. The maximum atomic E-state index is 9.42. The molecule has 0 aromatic heterocycles. The number of thiol groups is 1. The first-order chi connectivity index (χ1) is 4.18. The molecule has 3 nitrogen and oxygen atoms in total. The second kappa shape index (κ2) is 11.4. The van der Waals surface area contributed by atoms with Gasteiger partial charge in [-0.1, -0.05) is 11.7 Å². The molecule has 0 aliphatic heterocycles. The summed E-state index contributed by atoms with van der Waals surface area (Å²) in [5.41, 5.74) is 4.62. The molecule has 0 aromatic carbocycles. The van der Waals surface area contributed by atoms with Crippen LogP contribution in [0.5, 0.6) is 0 Å². The molecule has 0 saturated heterocycles. The van der Waals surface area contributed by atoms with E-state index in [2.05, 4.69) is 22.7 Å². The summed E-state index contributed by atoms with van der Waals surface area (Å²) in [6.07, 6.45) is -1.07. The van der Waals surface area contributed by atoms with Crippen LogP contribution in [-0.4, -0.2) is 11.2 Å². The Morgan fingerprint density at radius 1 is 1.78 bits per heavy atom. The average molecular weight is 221 g/mol. The van der Waals surface area contributed by atoms with Crippen LogP contribution in [0.2, 0.25) is 11.0 Å². The van der Waals surface area contributed by atoms with Crippen molar-refractivity contribution in [3.05, 3.63) is 0 Å². The van der Waals surface area contributed by atoms with Gasteiger partial charge in [-0.3, -0.25) is 4.72 Å². The molecule has 0 heterocycles. The van der Waals surface area contributed by atoms with Crippen LogP contribution in [0, 0.1) is 0 Å². The van der Waals surface area contributed by atoms with Gasteiger partial charge in [0, 0.05) is 11.0 Å². The summed E-state index contributed by atoms with van der Waals surface area (Å²) in [6, 6.07) is 0. The van der Waals surface area contributed by atoms with Crippen molar-refractivity contribution < 1.29 is 27.0 Å². The molecule has 0 aliphatic carbocycles. The van der Waals surface area contributed by atoms with Crippen LogP contribution >= 0.6 is 22.6 Å². The summed E-state index contributed by atoms with van der Waals surface area (Å²) in [6.45, 7) is 0. The van der Waals surface area contributed by atoms with E-state index in [1.54, 1.807) is 0 Å². The Balaban J connectivity index is 0. The average Bonchev–Trinajstić information content (AvgIpc) is 1.67. The first-order valence-corrected chi connectivity index (χ1v) is 10.3. The SMILES string of the molecule is O=C(O)NSS.[CH3][Zn][CH3]. The number of hydrogen-bond donors (Lipinski definition) is 3. The van der Waals surface area contributed by atoms with Gasteiger partial charge in [0.1, 0.15) is 0 Å². The zero-order chi connectivity index (χ0) is 7.70. The molecular weight excluding hydrogens is 212 g/mol. The van der Waals surface area contributed by atoms with Gasteiger partial charge >= 0.3 is 34.3 Å². The molecule has 6 heteroatoms. The van der Waals surface area contributed by atoms with E-state index in [9.17, 15) is 4.79 Å². The minimum absolute atomic E-state index is 0.125. The number of hydrogen-bond acceptors (Lipinski definition) is 3. The molecule has 0 saturated carbocycles. The first-order valence-electron chi connectivity index (χ1n) is 2.48. The van der Waals surface area contributed by atoms with Gasteiger partial charge in [0.2, 0.25) is 0 Å². The van der Waals surface area contributed by atoms with E-state index in [1.165, 1.54) is 0 Å². The third-order valence-corrected chi connectivity index (χ3v) is 0.673. The first kappa shape index (κ1) is 12.3. The van der Waals surface area contributed by atoms with Crippen molar-refractivity contribution in [3.63, 3.8) is 0 Å². The number of nitrogens with one attached hydrogen (secondary N) is 1. The Morgan fingerprint density at radius 2 is 2.11 bits per heavy atom. The number of rotatable bonds is 1. The topological polar surface area (TPSA) is 49.3 Å². The fourth-order valence-corrected chi connectivity index (χ4v) is 0.351. The molecule has 0 aromatic rings. The van der Waals surface area contributed by atoms with Crippen LogP contribution in [0.1, 0.15) is 0 Å². The molecule has 0 atom stereocenters. The third-order valence-electron chi connectivity index (χ3n) is 0.133. The number of amides is 1. The second-order valence-corrected chi connectivity index (χ2v) is 5.11. The summed E-state index contributed by atoms with van der Waals surface area (Å²) in [7, 11) is 0.755. The van der Waals surface area contributed by atoms with Crippen LogP contribution in [0.15, 0.2) is 0 Å². The Hall–Kier alpha value is 0.593. The van der Waals surface area contributed by atoms with Crippen molar-refractivity contribution in [2.45, 2.75) is 11.0 Å². The van der Waals surface area contributed by atoms with Crippen LogP contribution in [0.25, 0.3) is 0 Å². The molecule has 0 fully saturated rings. The van der Waals surface area contributed by atoms with Crippen molar-refractivity contribution in [3.8, 4) is 0 Å². The van der Waals surface area contributed by atoms with Crippen molar-refractivity contribution in [1.29, 1.82) is 0 Å². The van der Waals surface area contributed by atoms with Crippen molar-refractivity contribution in [2.75, 3.05) is 0 Å². The standard InChI is InChI=1S/CH3NO2S2.2CH3.Zn/c3-1(4)2-6-5;;;/h2,5H,(H,3,4);2*1H3;. The minimum atomic E-state index is -1.07. The van der Waals surface area contributed by atoms with Gasteiger partial charge in [0.05, 0.1) is 0 Å². The summed E-state index contributed by atoms with van der Waals surface area (Å²) in [5.74, 6) is 0. The van der Waals surface area contributed by atoms with E-state index in [4.69, 9.17) is 5.11 Å². The van der Waals surface area contributed by atoms with Crippen LogP contribution in [0.3, 0.4) is 0 Å². The van der Waals surface area contributed by atoms with E-state index in [0.717, 1.165) is 11.0 Å². The Kier molecular flexibility index (Phi) is 15.6. The molecule has 0 aliphatic rings. The fourth-order valence-electron chi connectivity index (χ4n) is 0.0390. The molecule has 52 valence electrons. The summed E-state index contributed by atoms with van der Waals surface area (Å²) >= 11 is 3.61. The van der Waals surface area contributed by atoms with Gasteiger partial charge in [-0.05, 0) is 0 Å². The summed E-state index contributed by atoms with van der Waals surface area (Å²) in [4.78, 5) is 9.42. The van der Waals surface area contributed by atoms with Gasteiger partial charge in [0.25, 0.3) is 0 Å². The quantitative estimate of drug-likeness (QED) is 0.274. The van der Waals surface area contributed by atoms with E-state index >= 15 is 0 Å². The van der Waals surface area contributed by atoms with Gasteiger partial charge in [0.15, 0.2) is 0 Å². The second-order valence-electron chi connectivity index (χ2n) is 1.21. The molecule has 0 unspecified atom stereocenters. The van der Waals surface area contributed by atoms with E-state index in [-0.39, 0.29) is 17.1 Å². The molecule has 0 bridgehead atoms. The van der Waals surface area contributed by atoms with Crippen molar-refractivity contribution >= 4 is 28.7 Å². The molecule has 9 heavy (non-hydrogen) atoms. The Morgan fingerprint density at radius 3 is 2.11 bits per heavy atom. The van der Waals surface area contributed by atoms with Crippen molar-refractivity contribution in [1.82, 2.24) is 4.72 Å². The Labute approximate surface area is 71.5 Å². The zero-order valence-electron chi connectivity index (χ0n) is 5.42. The van der Waals surface area contributed by atoms with Gasteiger partial charge in [-0.2, -0.15) is 0 Å². The third kappa shape index (κ3) is 28.9. The fraction of sp³-hybridized carbons (Fsp3) is 0.667. The zero-order valence-corrected chi connectivity index (χ0v) is 10.1. The Bertz CT molecular complexity index is 72.8. The number of carboxylic acid groups (broad SMARTS) is 1. The molecular formula is C3H9NO2S2Zn. The van der Waals surface area contributed by atoms with Crippen LogP contribution < -0.4 is 4.72 Å². The number of carbonyl (C=O) groups is 1. The monoisotopic (exact) mass is 219 g/mol. The molecule has 0 radical (unpaired) electrons. The predicted octanol–water partition coefficient (Wildman–Crippen LogP) is 1.91. The van der Waals surface area contributed by atoms with Gasteiger partial charge in [-0.25, -0.2) is 4.79 Å². The molecule has 1 amide bonds. The maximum absolute atomic E-state index is 9.42. The van der Waals surface area contributed by atoms with Crippen LogP contribution in [-0.2, 0) is 17.1 Å². The van der Waals surface area contributed by atoms with Crippen LogP contribution in [0.4, 0.5) is 4.79 Å². The van der Waals surface area contributed by atoms with E-state index in [0.29, 0.717) is 0 Å². The summed E-state index contributed by atoms with van der Waals surface area (Å²) < 4.78 is 1.91. The molecule has 0 rings (SSSR count). The van der Waals surface area contributed by atoms with Gasteiger partial charge < -0.3 is 5.11 Å². The van der Waals surface area contributed by atoms with Gasteiger partial charge in [-0.15, -0.1) is 0 Å². The normalized spacial score (nSPS) is 6.11. The predicted molar refractivity (Wildman–Crippen MR) is 39.5 cm³/mol.